The molecule has 0 spiro atoms. The molecule has 1 saturated carbocycles. The van der Waals surface area contributed by atoms with E-state index in [1.54, 1.807) is 0 Å². The van der Waals surface area contributed by atoms with E-state index in [9.17, 15) is 0 Å². The fraction of sp³-hybridized carbons (Fsp3) is 0.727. The third-order valence-electron chi connectivity index (χ3n) is 2.58. The number of aromatic nitrogens is 2. The van der Waals surface area contributed by atoms with Crippen LogP contribution in [-0.2, 0) is 12.5 Å². The molecule has 0 amide bonds. The lowest BCUT2D eigenvalue weighted by atomic mass is 9.88. The molecule has 0 aliphatic heterocycles. The van der Waals surface area contributed by atoms with E-state index in [0.29, 0.717) is 0 Å². The highest BCUT2D eigenvalue weighted by Crippen LogP contribution is 2.43. The molecule has 1 aromatic rings. The first-order valence-electron chi connectivity index (χ1n) is 5.02. The molecular weight excluding hydrogens is 160 g/mol. The van der Waals surface area contributed by atoms with Gasteiger partial charge in [0.25, 0.3) is 0 Å². The molecule has 0 atom stereocenters. The third kappa shape index (κ3) is 1.62. The van der Waals surface area contributed by atoms with Crippen molar-refractivity contribution in [2.75, 3.05) is 0 Å². The molecule has 0 radical (unpaired) electrons. The summed E-state index contributed by atoms with van der Waals surface area (Å²) in [7, 11) is 2.02. The maximum atomic E-state index is 4.56. The third-order valence-corrected chi connectivity index (χ3v) is 2.58. The minimum absolute atomic E-state index is 0.194. The van der Waals surface area contributed by atoms with Gasteiger partial charge in [0.05, 0.1) is 5.69 Å². The number of aryl methyl sites for hydroxylation is 1. The van der Waals surface area contributed by atoms with Crippen LogP contribution in [0.2, 0.25) is 0 Å². The number of hydrogen-bond donors (Lipinski definition) is 0. The van der Waals surface area contributed by atoms with Crippen molar-refractivity contribution in [3.8, 4) is 0 Å². The first-order chi connectivity index (χ1) is 5.98. The van der Waals surface area contributed by atoms with Gasteiger partial charge in [-0.25, -0.2) is 0 Å². The molecule has 0 bridgehead atoms. The molecule has 2 nitrogen and oxygen atoms in total. The van der Waals surface area contributed by atoms with E-state index >= 15 is 0 Å². The molecule has 1 aromatic heterocycles. The van der Waals surface area contributed by atoms with E-state index in [0.717, 1.165) is 5.92 Å². The van der Waals surface area contributed by atoms with Gasteiger partial charge in [0.1, 0.15) is 0 Å². The minimum atomic E-state index is 0.194. The molecule has 13 heavy (non-hydrogen) atoms. The fourth-order valence-electron chi connectivity index (χ4n) is 1.78. The highest BCUT2D eigenvalue weighted by molar-refractivity contribution is 5.30. The Kier molecular flexibility index (Phi) is 1.76. The highest BCUT2D eigenvalue weighted by atomic mass is 15.3. The van der Waals surface area contributed by atoms with Crippen LogP contribution < -0.4 is 0 Å². The Bertz CT molecular complexity index is 313. The molecule has 0 aromatic carbocycles. The van der Waals surface area contributed by atoms with Crippen molar-refractivity contribution in [2.24, 2.45) is 7.05 Å². The lowest BCUT2D eigenvalue weighted by Crippen LogP contribution is -2.14. The summed E-state index contributed by atoms with van der Waals surface area (Å²) in [4.78, 5) is 0. The van der Waals surface area contributed by atoms with E-state index in [1.165, 1.54) is 24.1 Å². The van der Waals surface area contributed by atoms with Gasteiger partial charge >= 0.3 is 0 Å². The maximum absolute atomic E-state index is 4.56. The largest absolute Gasteiger partial charge is 0.275 e. The second kappa shape index (κ2) is 2.60. The Hall–Kier alpha value is -0.790. The molecule has 2 rings (SSSR count). The Morgan fingerprint density at radius 1 is 1.38 bits per heavy atom. The van der Waals surface area contributed by atoms with E-state index in [2.05, 4.69) is 32.1 Å². The number of nitrogens with zero attached hydrogens (tertiary/aromatic N) is 2. The maximum Gasteiger partial charge on any atom is 0.0712 e. The zero-order valence-electron chi connectivity index (χ0n) is 8.96. The second-order valence-electron chi connectivity index (χ2n) is 5.13. The van der Waals surface area contributed by atoms with Crippen LogP contribution in [0.25, 0.3) is 0 Å². The molecule has 1 fully saturated rings. The van der Waals surface area contributed by atoms with Gasteiger partial charge in [-0.15, -0.1) is 0 Å². The van der Waals surface area contributed by atoms with Gasteiger partial charge in [0, 0.05) is 18.7 Å². The average molecular weight is 178 g/mol. The Balaban J connectivity index is 2.42. The molecule has 1 aliphatic rings. The van der Waals surface area contributed by atoms with Crippen molar-refractivity contribution in [1.82, 2.24) is 9.78 Å². The van der Waals surface area contributed by atoms with Crippen LogP contribution in [-0.4, -0.2) is 9.78 Å². The van der Waals surface area contributed by atoms with Crippen molar-refractivity contribution in [3.05, 3.63) is 17.5 Å². The van der Waals surface area contributed by atoms with Crippen LogP contribution in [0, 0.1) is 0 Å². The van der Waals surface area contributed by atoms with Crippen molar-refractivity contribution in [1.29, 1.82) is 0 Å². The average Bonchev–Trinajstić information content (AvgIpc) is 2.73. The molecule has 1 heterocycles. The van der Waals surface area contributed by atoms with Crippen LogP contribution >= 0.6 is 0 Å². The quantitative estimate of drug-likeness (QED) is 0.646. The van der Waals surface area contributed by atoms with Crippen LogP contribution in [0.4, 0.5) is 0 Å². The smallest absolute Gasteiger partial charge is 0.0712 e. The van der Waals surface area contributed by atoms with E-state index < -0.39 is 0 Å². The van der Waals surface area contributed by atoms with Crippen molar-refractivity contribution in [2.45, 2.75) is 44.9 Å². The summed E-state index contributed by atoms with van der Waals surface area (Å²) in [6, 6.07) is 0. The van der Waals surface area contributed by atoms with Crippen LogP contribution in [0.3, 0.4) is 0 Å². The molecule has 0 unspecified atom stereocenters. The fourth-order valence-corrected chi connectivity index (χ4v) is 1.78. The minimum Gasteiger partial charge on any atom is -0.275 e. The van der Waals surface area contributed by atoms with Gasteiger partial charge in [-0.1, -0.05) is 20.8 Å². The van der Waals surface area contributed by atoms with Crippen LogP contribution in [0.5, 0.6) is 0 Å². The van der Waals surface area contributed by atoms with Crippen LogP contribution in [0.1, 0.15) is 50.8 Å². The second-order valence-corrected chi connectivity index (χ2v) is 5.13. The summed E-state index contributed by atoms with van der Waals surface area (Å²) in [5, 5.41) is 4.56. The molecule has 0 N–H and O–H groups in total. The lowest BCUT2D eigenvalue weighted by molar-refractivity contribution is 0.548. The summed E-state index contributed by atoms with van der Waals surface area (Å²) in [5.74, 6) is 0.808. The number of rotatable bonds is 1. The van der Waals surface area contributed by atoms with Gasteiger partial charge in [-0.05, 0) is 24.3 Å². The van der Waals surface area contributed by atoms with Gasteiger partial charge in [-0.3, -0.25) is 4.68 Å². The lowest BCUT2D eigenvalue weighted by Gasteiger charge is -2.17. The summed E-state index contributed by atoms with van der Waals surface area (Å²) in [5.41, 5.74) is 2.96. The monoisotopic (exact) mass is 178 g/mol. The number of hydrogen-bond acceptors (Lipinski definition) is 1. The first-order valence-corrected chi connectivity index (χ1v) is 5.02. The molecule has 1 aliphatic carbocycles. The zero-order chi connectivity index (χ0) is 9.64. The zero-order valence-corrected chi connectivity index (χ0v) is 8.96. The Morgan fingerprint density at radius 3 is 2.46 bits per heavy atom. The van der Waals surface area contributed by atoms with Crippen molar-refractivity contribution in [3.63, 3.8) is 0 Å². The SMILES string of the molecule is Cn1cc(C2CC2)c(C(C)(C)C)n1. The standard InChI is InChI=1S/C11H18N2/c1-11(2,3)10-9(8-5-6-8)7-13(4)12-10/h7-8H,5-6H2,1-4H3. The van der Waals surface area contributed by atoms with Crippen LogP contribution in [0.15, 0.2) is 6.20 Å². The predicted octanol–water partition coefficient (Wildman–Crippen LogP) is 2.60. The van der Waals surface area contributed by atoms with Gasteiger partial charge in [-0.2, -0.15) is 5.10 Å². The van der Waals surface area contributed by atoms with Crippen molar-refractivity contribution < 1.29 is 0 Å². The highest BCUT2D eigenvalue weighted by Gasteiger charge is 2.32. The summed E-state index contributed by atoms with van der Waals surface area (Å²) >= 11 is 0. The predicted molar refractivity (Wildman–Crippen MR) is 53.9 cm³/mol. The topological polar surface area (TPSA) is 17.8 Å². The summed E-state index contributed by atoms with van der Waals surface area (Å²) in [6.07, 6.45) is 4.90. The Morgan fingerprint density at radius 2 is 2.00 bits per heavy atom. The molecular formula is C11H18N2. The van der Waals surface area contributed by atoms with Gasteiger partial charge in [0.2, 0.25) is 0 Å². The van der Waals surface area contributed by atoms with Crippen molar-refractivity contribution >= 4 is 0 Å². The Labute approximate surface area is 80.0 Å². The molecule has 0 saturated heterocycles. The summed E-state index contributed by atoms with van der Waals surface area (Å²) < 4.78 is 1.95. The van der Waals surface area contributed by atoms with E-state index in [1.807, 2.05) is 11.7 Å². The van der Waals surface area contributed by atoms with Gasteiger partial charge < -0.3 is 0 Å². The molecule has 72 valence electrons. The normalized spacial score (nSPS) is 17.8. The van der Waals surface area contributed by atoms with E-state index in [4.69, 9.17) is 0 Å². The van der Waals surface area contributed by atoms with E-state index in [-0.39, 0.29) is 5.41 Å². The molecule has 2 heteroatoms. The van der Waals surface area contributed by atoms with Gasteiger partial charge in [0.15, 0.2) is 0 Å². The first kappa shape index (κ1) is 8.79. The summed E-state index contributed by atoms with van der Waals surface area (Å²) in [6.45, 7) is 6.71.